The molecular weight excluding hydrogens is 232 g/mol. The number of benzene rings is 1. The minimum atomic E-state index is -0.461. The van der Waals surface area contributed by atoms with Gasteiger partial charge in [-0.3, -0.25) is 14.9 Å². The van der Waals surface area contributed by atoms with E-state index in [1.165, 1.54) is 24.3 Å². The van der Waals surface area contributed by atoms with Gasteiger partial charge in [-0.1, -0.05) is 6.92 Å². The van der Waals surface area contributed by atoms with Crippen molar-refractivity contribution in [2.45, 2.75) is 19.8 Å². The lowest BCUT2D eigenvalue weighted by Crippen LogP contribution is -2.37. The third kappa shape index (κ3) is 2.67. The van der Waals surface area contributed by atoms with Gasteiger partial charge in [-0.2, -0.15) is 0 Å². The summed E-state index contributed by atoms with van der Waals surface area (Å²) in [4.78, 5) is 24.0. The summed E-state index contributed by atoms with van der Waals surface area (Å²) in [5.74, 6) is 0.641. The van der Waals surface area contributed by atoms with Crippen molar-refractivity contribution in [1.82, 2.24) is 4.90 Å². The average Bonchev–Trinajstić information content (AvgIpc) is 2.39. The molecule has 96 valence electrons. The summed E-state index contributed by atoms with van der Waals surface area (Å²) in [6.45, 7) is 3.74. The standard InChI is InChI=1S/C13H16N2O3/c1-10-6-8-14(9-7-10)13(16)11-2-4-12(5-3-11)15(17)18/h2-5,10H,6-9H2,1H3. The van der Waals surface area contributed by atoms with Gasteiger partial charge < -0.3 is 4.90 Å². The largest absolute Gasteiger partial charge is 0.339 e. The Morgan fingerprint density at radius 2 is 1.83 bits per heavy atom. The number of likely N-dealkylation sites (tertiary alicyclic amines) is 1. The van der Waals surface area contributed by atoms with Gasteiger partial charge in [0, 0.05) is 30.8 Å². The highest BCUT2D eigenvalue weighted by molar-refractivity contribution is 5.94. The van der Waals surface area contributed by atoms with Gasteiger partial charge in [0.2, 0.25) is 0 Å². The van der Waals surface area contributed by atoms with Crippen molar-refractivity contribution >= 4 is 11.6 Å². The maximum atomic E-state index is 12.1. The first kappa shape index (κ1) is 12.5. The van der Waals surface area contributed by atoms with E-state index in [2.05, 4.69) is 6.92 Å². The minimum Gasteiger partial charge on any atom is -0.339 e. The molecule has 0 saturated carbocycles. The predicted molar refractivity (Wildman–Crippen MR) is 67.4 cm³/mol. The molecule has 1 fully saturated rings. The molecule has 1 aromatic carbocycles. The van der Waals surface area contributed by atoms with E-state index in [9.17, 15) is 14.9 Å². The zero-order chi connectivity index (χ0) is 13.1. The number of rotatable bonds is 2. The summed E-state index contributed by atoms with van der Waals surface area (Å²) in [6, 6.07) is 5.80. The van der Waals surface area contributed by atoms with E-state index in [4.69, 9.17) is 0 Å². The number of nitrogens with zero attached hydrogens (tertiary/aromatic N) is 2. The number of hydrogen-bond acceptors (Lipinski definition) is 3. The van der Waals surface area contributed by atoms with Crippen molar-refractivity contribution < 1.29 is 9.72 Å². The molecular formula is C13H16N2O3. The normalized spacial score (nSPS) is 16.6. The molecule has 0 aliphatic carbocycles. The Morgan fingerprint density at radius 3 is 2.33 bits per heavy atom. The van der Waals surface area contributed by atoms with Crippen LogP contribution in [0.15, 0.2) is 24.3 Å². The third-order valence-corrected chi connectivity index (χ3v) is 3.40. The van der Waals surface area contributed by atoms with Gasteiger partial charge in [-0.25, -0.2) is 0 Å². The molecule has 2 rings (SSSR count). The molecule has 0 unspecified atom stereocenters. The first-order valence-corrected chi connectivity index (χ1v) is 6.11. The maximum Gasteiger partial charge on any atom is 0.269 e. The maximum absolute atomic E-state index is 12.1. The van der Waals surface area contributed by atoms with E-state index >= 15 is 0 Å². The number of non-ortho nitro benzene ring substituents is 1. The van der Waals surface area contributed by atoms with Crippen molar-refractivity contribution in [3.8, 4) is 0 Å². The Bertz CT molecular complexity index is 448. The molecule has 0 atom stereocenters. The van der Waals surface area contributed by atoms with Crippen LogP contribution >= 0.6 is 0 Å². The second kappa shape index (κ2) is 5.16. The van der Waals surface area contributed by atoms with E-state index in [1.807, 2.05) is 4.90 Å². The quantitative estimate of drug-likeness (QED) is 0.596. The van der Waals surface area contributed by atoms with Crippen LogP contribution in [0, 0.1) is 16.0 Å². The Kier molecular flexibility index (Phi) is 3.60. The van der Waals surface area contributed by atoms with Crippen LogP contribution in [0.2, 0.25) is 0 Å². The first-order valence-electron chi connectivity index (χ1n) is 6.11. The molecule has 1 aliphatic heterocycles. The van der Waals surface area contributed by atoms with Crippen molar-refractivity contribution in [2.24, 2.45) is 5.92 Å². The van der Waals surface area contributed by atoms with Crippen molar-refractivity contribution in [2.75, 3.05) is 13.1 Å². The van der Waals surface area contributed by atoms with Gasteiger partial charge in [-0.05, 0) is 30.9 Å². The summed E-state index contributed by atoms with van der Waals surface area (Å²) in [7, 11) is 0. The van der Waals surface area contributed by atoms with Gasteiger partial charge >= 0.3 is 0 Å². The van der Waals surface area contributed by atoms with Gasteiger partial charge in [0.15, 0.2) is 0 Å². The van der Waals surface area contributed by atoms with Gasteiger partial charge in [0.05, 0.1) is 4.92 Å². The highest BCUT2D eigenvalue weighted by Gasteiger charge is 2.21. The van der Waals surface area contributed by atoms with Gasteiger partial charge in [-0.15, -0.1) is 0 Å². The molecule has 1 aromatic rings. The lowest BCUT2D eigenvalue weighted by molar-refractivity contribution is -0.384. The Labute approximate surface area is 106 Å². The first-order chi connectivity index (χ1) is 8.58. The molecule has 5 nitrogen and oxygen atoms in total. The molecule has 0 spiro atoms. The average molecular weight is 248 g/mol. The van der Waals surface area contributed by atoms with Crippen molar-refractivity contribution in [3.05, 3.63) is 39.9 Å². The van der Waals surface area contributed by atoms with E-state index in [0.29, 0.717) is 11.5 Å². The smallest absolute Gasteiger partial charge is 0.269 e. The molecule has 0 N–H and O–H groups in total. The number of hydrogen-bond donors (Lipinski definition) is 0. The van der Waals surface area contributed by atoms with Crippen LogP contribution in [0.1, 0.15) is 30.1 Å². The zero-order valence-electron chi connectivity index (χ0n) is 10.3. The number of carbonyl (C=O) groups is 1. The minimum absolute atomic E-state index is 0.0128. The van der Waals surface area contributed by atoms with E-state index < -0.39 is 4.92 Å². The van der Waals surface area contributed by atoms with Crippen LogP contribution in [-0.2, 0) is 0 Å². The number of carbonyl (C=O) groups excluding carboxylic acids is 1. The van der Waals surface area contributed by atoms with Crippen molar-refractivity contribution in [1.29, 1.82) is 0 Å². The highest BCUT2D eigenvalue weighted by atomic mass is 16.6. The molecule has 1 amide bonds. The molecule has 1 aliphatic rings. The summed E-state index contributed by atoms with van der Waals surface area (Å²) in [6.07, 6.45) is 2.05. The summed E-state index contributed by atoms with van der Waals surface area (Å²) >= 11 is 0. The molecule has 0 bridgehead atoms. The summed E-state index contributed by atoms with van der Waals surface area (Å²) < 4.78 is 0. The Balaban J connectivity index is 2.07. The number of piperidine rings is 1. The van der Waals surface area contributed by atoms with Gasteiger partial charge in [0.25, 0.3) is 11.6 Å². The third-order valence-electron chi connectivity index (χ3n) is 3.40. The van der Waals surface area contributed by atoms with Crippen LogP contribution in [0.3, 0.4) is 0 Å². The second-order valence-electron chi connectivity index (χ2n) is 4.78. The SMILES string of the molecule is CC1CCN(C(=O)c2ccc([N+](=O)[O-])cc2)CC1. The lowest BCUT2D eigenvalue weighted by Gasteiger charge is -2.30. The van der Waals surface area contributed by atoms with Crippen molar-refractivity contribution in [3.63, 3.8) is 0 Å². The van der Waals surface area contributed by atoms with Gasteiger partial charge in [0.1, 0.15) is 0 Å². The predicted octanol–water partition coefficient (Wildman–Crippen LogP) is 2.47. The Morgan fingerprint density at radius 1 is 1.28 bits per heavy atom. The summed E-state index contributed by atoms with van der Waals surface area (Å²) in [5, 5.41) is 10.5. The lowest BCUT2D eigenvalue weighted by atomic mass is 9.98. The topological polar surface area (TPSA) is 63.5 Å². The van der Waals surface area contributed by atoms with Crippen LogP contribution < -0.4 is 0 Å². The van der Waals surface area contributed by atoms with Crippen LogP contribution in [0.25, 0.3) is 0 Å². The fraction of sp³-hybridized carbons (Fsp3) is 0.462. The summed E-state index contributed by atoms with van der Waals surface area (Å²) in [5.41, 5.74) is 0.536. The molecule has 0 aromatic heterocycles. The fourth-order valence-electron chi connectivity index (χ4n) is 2.12. The highest BCUT2D eigenvalue weighted by Crippen LogP contribution is 2.19. The molecule has 1 heterocycles. The number of nitro groups is 1. The van der Waals surface area contributed by atoms with Crippen LogP contribution in [-0.4, -0.2) is 28.8 Å². The number of amides is 1. The van der Waals surface area contributed by atoms with E-state index in [1.54, 1.807) is 0 Å². The van der Waals surface area contributed by atoms with Crippen LogP contribution in [0.5, 0.6) is 0 Å². The zero-order valence-corrected chi connectivity index (χ0v) is 10.3. The molecule has 0 radical (unpaired) electrons. The number of nitro benzene ring substituents is 1. The van der Waals surface area contributed by atoms with E-state index in [-0.39, 0.29) is 11.6 Å². The molecule has 1 saturated heterocycles. The Hall–Kier alpha value is -1.91. The van der Waals surface area contributed by atoms with E-state index in [0.717, 1.165) is 25.9 Å². The molecule has 18 heavy (non-hydrogen) atoms. The van der Waals surface area contributed by atoms with Crippen LogP contribution in [0.4, 0.5) is 5.69 Å². The monoisotopic (exact) mass is 248 g/mol. The second-order valence-corrected chi connectivity index (χ2v) is 4.78. The fourth-order valence-corrected chi connectivity index (χ4v) is 2.12. The molecule has 5 heteroatoms.